The number of alkyl halides is 3. The van der Waals surface area contributed by atoms with Crippen molar-refractivity contribution in [2.24, 2.45) is 0 Å². The Morgan fingerprint density at radius 2 is 1.90 bits per heavy atom. The van der Waals surface area contributed by atoms with Gasteiger partial charge in [0.1, 0.15) is 0 Å². The first-order valence-electron chi connectivity index (χ1n) is 5.95. The minimum absolute atomic E-state index is 0.490. The molecule has 1 amide bonds. The molecular weight excluding hydrogens is 290 g/mol. The molecule has 112 valence electrons. The summed E-state index contributed by atoms with van der Waals surface area (Å²) in [5, 5.41) is 5.62. The van der Waals surface area contributed by atoms with Gasteiger partial charge in [0, 0.05) is 0 Å². The van der Waals surface area contributed by atoms with Gasteiger partial charge in [-0.1, -0.05) is 12.1 Å². The third-order valence-electron chi connectivity index (χ3n) is 2.81. The van der Waals surface area contributed by atoms with Crippen molar-refractivity contribution >= 4 is 5.91 Å². The molecule has 8 heteroatoms. The fraction of sp³-hybridized carbons (Fsp3) is 0.231. The zero-order valence-electron chi connectivity index (χ0n) is 10.9. The molecule has 0 fully saturated rings. The number of carbonyl (C=O) groups excluding carboxylic acids is 1. The van der Waals surface area contributed by atoms with Gasteiger partial charge in [0.15, 0.2) is 5.82 Å². The van der Waals surface area contributed by atoms with Gasteiger partial charge in [-0.3, -0.25) is 4.79 Å². The first kappa shape index (κ1) is 15.0. The Morgan fingerprint density at radius 1 is 1.29 bits per heavy atom. The van der Waals surface area contributed by atoms with E-state index in [9.17, 15) is 22.4 Å². The molecule has 1 aromatic heterocycles. The van der Waals surface area contributed by atoms with Crippen molar-refractivity contribution in [1.82, 2.24) is 15.1 Å². The number of amides is 1. The average Bonchev–Trinajstić information content (AvgIpc) is 2.84. The monoisotopic (exact) mass is 301 g/mol. The van der Waals surface area contributed by atoms with Crippen LogP contribution in [0.25, 0.3) is 5.69 Å². The van der Waals surface area contributed by atoms with Crippen LogP contribution in [0.3, 0.4) is 0 Å². The van der Waals surface area contributed by atoms with Gasteiger partial charge in [0.25, 0.3) is 0 Å². The maximum atomic E-state index is 12.8. The molecule has 4 nitrogen and oxygen atoms in total. The first-order chi connectivity index (χ1) is 9.77. The van der Waals surface area contributed by atoms with Crippen molar-refractivity contribution in [3.63, 3.8) is 0 Å². The van der Waals surface area contributed by atoms with Crippen molar-refractivity contribution in [3.05, 3.63) is 48.0 Å². The molecule has 21 heavy (non-hydrogen) atoms. The van der Waals surface area contributed by atoms with Crippen molar-refractivity contribution in [3.8, 4) is 5.69 Å². The van der Waals surface area contributed by atoms with Gasteiger partial charge in [-0.25, -0.2) is 9.07 Å². The van der Waals surface area contributed by atoms with Gasteiger partial charge < -0.3 is 5.32 Å². The summed E-state index contributed by atoms with van der Waals surface area (Å²) in [7, 11) is 0. The molecule has 2 rings (SSSR count). The molecule has 0 bridgehead atoms. The lowest BCUT2D eigenvalue weighted by Crippen LogP contribution is -2.38. The Hall–Kier alpha value is -2.38. The highest BCUT2D eigenvalue weighted by Gasteiger charge is 2.39. The van der Waals surface area contributed by atoms with Crippen LogP contribution in [0.15, 0.2) is 36.7 Å². The van der Waals surface area contributed by atoms with Crippen LogP contribution in [0.4, 0.5) is 17.6 Å². The fourth-order valence-electron chi connectivity index (χ4n) is 1.72. The average molecular weight is 301 g/mol. The van der Waals surface area contributed by atoms with Gasteiger partial charge in [-0.2, -0.15) is 18.3 Å². The highest BCUT2D eigenvalue weighted by Crippen LogP contribution is 2.19. The second-order valence-electron chi connectivity index (χ2n) is 4.39. The number of hydrogen-bond donors (Lipinski definition) is 1. The summed E-state index contributed by atoms with van der Waals surface area (Å²) in [6, 6.07) is 5.41. The summed E-state index contributed by atoms with van der Waals surface area (Å²) < 4.78 is 50.6. The van der Waals surface area contributed by atoms with Crippen LogP contribution in [0.2, 0.25) is 0 Å². The molecular formula is C13H11F4N3O. The largest absolute Gasteiger partial charge is 0.471 e. The van der Waals surface area contributed by atoms with Crippen molar-refractivity contribution in [2.75, 3.05) is 0 Å². The predicted molar refractivity (Wildman–Crippen MR) is 66.1 cm³/mol. The van der Waals surface area contributed by atoms with Gasteiger partial charge in [-0.05, 0) is 24.6 Å². The fourth-order valence-corrected chi connectivity index (χ4v) is 1.72. The molecule has 1 atom stereocenters. The molecule has 0 spiro atoms. The van der Waals surface area contributed by atoms with E-state index in [1.165, 1.54) is 29.9 Å². The third kappa shape index (κ3) is 3.59. The summed E-state index contributed by atoms with van der Waals surface area (Å²) in [6.45, 7) is 1.44. The van der Waals surface area contributed by atoms with Crippen molar-refractivity contribution in [2.45, 2.75) is 19.1 Å². The Balaban J connectivity index is 2.10. The van der Waals surface area contributed by atoms with Crippen LogP contribution < -0.4 is 5.32 Å². The number of aromatic nitrogens is 2. The lowest BCUT2D eigenvalue weighted by molar-refractivity contribution is -0.174. The van der Waals surface area contributed by atoms with Gasteiger partial charge in [-0.15, -0.1) is 0 Å². The van der Waals surface area contributed by atoms with E-state index in [1.54, 1.807) is 12.1 Å². The molecule has 0 aliphatic heterocycles. The van der Waals surface area contributed by atoms with E-state index < -0.39 is 23.9 Å². The van der Waals surface area contributed by atoms with E-state index in [-0.39, 0.29) is 0 Å². The molecule has 0 aliphatic carbocycles. The summed E-state index contributed by atoms with van der Waals surface area (Å²) in [5.41, 5.74) is 1.04. The van der Waals surface area contributed by atoms with E-state index in [4.69, 9.17) is 0 Å². The number of nitrogens with zero attached hydrogens (tertiary/aromatic N) is 2. The van der Waals surface area contributed by atoms with E-state index in [0.29, 0.717) is 11.3 Å². The van der Waals surface area contributed by atoms with Crippen LogP contribution in [0.5, 0.6) is 0 Å². The number of hydrogen-bond acceptors (Lipinski definition) is 2. The Morgan fingerprint density at radius 3 is 2.38 bits per heavy atom. The Kier molecular flexibility index (Phi) is 3.97. The van der Waals surface area contributed by atoms with Gasteiger partial charge in [0.05, 0.1) is 24.1 Å². The Bertz CT molecular complexity index is 634. The molecule has 0 saturated heterocycles. The minimum Gasteiger partial charge on any atom is -0.342 e. The minimum atomic E-state index is -4.92. The van der Waals surface area contributed by atoms with E-state index >= 15 is 0 Å². The molecule has 2 aromatic rings. The van der Waals surface area contributed by atoms with E-state index in [1.807, 2.05) is 5.32 Å². The SMILES string of the molecule is CC(NC(=O)C(F)(F)F)c1ccc(-n2cc(F)cn2)cc1. The van der Waals surface area contributed by atoms with E-state index in [2.05, 4.69) is 5.10 Å². The lowest BCUT2D eigenvalue weighted by atomic mass is 10.1. The van der Waals surface area contributed by atoms with Crippen LogP contribution >= 0.6 is 0 Å². The van der Waals surface area contributed by atoms with Crippen molar-refractivity contribution in [1.29, 1.82) is 0 Å². The lowest BCUT2D eigenvalue weighted by Gasteiger charge is -2.16. The second-order valence-corrected chi connectivity index (χ2v) is 4.39. The second kappa shape index (κ2) is 5.55. The smallest absolute Gasteiger partial charge is 0.342 e. The van der Waals surface area contributed by atoms with Crippen LogP contribution in [-0.4, -0.2) is 21.9 Å². The first-order valence-corrected chi connectivity index (χ1v) is 5.95. The molecule has 1 N–H and O–H groups in total. The van der Waals surface area contributed by atoms with Crippen LogP contribution in [-0.2, 0) is 4.79 Å². The number of halogens is 4. The molecule has 0 radical (unpaired) electrons. The quantitative estimate of drug-likeness (QED) is 0.886. The normalized spacial score (nSPS) is 13.0. The topological polar surface area (TPSA) is 46.9 Å². The molecule has 0 saturated carbocycles. The maximum absolute atomic E-state index is 12.8. The maximum Gasteiger partial charge on any atom is 0.471 e. The highest BCUT2D eigenvalue weighted by molar-refractivity contribution is 5.82. The standard InChI is InChI=1S/C13H11F4N3O/c1-8(19-12(21)13(15,16)17)9-2-4-11(5-3-9)20-7-10(14)6-18-20/h2-8H,1H3,(H,19,21). The molecule has 1 aromatic carbocycles. The Labute approximate surface area is 117 Å². The number of benzene rings is 1. The summed E-state index contributed by atoms with van der Waals surface area (Å²) >= 11 is 0. The number of rotatable bonds is 3. The van der Waals surface area contributed by atoms with Gasteiger partial charge >= 0.3 is 12.1 Å². The van der Waals surface area contributed by atoms with Crippen LogP contribution in [0, 0.1) is 5.82 Å². The van der Waals surface area contributed by atoms with E-state index in [0.717, 1.165) is 6.20 Å². The van der Waals surface area contributed by atoms with Crippen LogP contribution in [0.1, 0.15) is 18.5 Å². The zero-order valence-corrected chi connectivity index (χ0v) is 10.9. The summed E-state index contributed by atoms with van der Waals surface area (Å²) in [4.78, 5) is 10.8. The number of carbonyl (C=O) groups is 1. The molecule has 0 aliphatic rings. The van der Waals surface area contributed by atoms with Gasteiger partial charge in [0.2, 0.25) is 0 Å². The summed E-state index contributed by atoms with van der Waals surface area (Å²) in [6.07, 6.45) is -2.70. The predicted octanol–water partition coefficient (Wildman–Crippen LogP) is 2.75. The highest BCUT2D eigenvalue weighted by atomic mass is 19.4. The molecule has 1 unspecified atom stereocenters. The third-order valence-corrected chi connectivity index (χ3v) is 2.81. The van der Waals surface area contributed by atoms with Crippen molar-refractivity contribution < 1.29 is 22.4 Å². The number of nitrogens with one attached hydrogen (secondary N) is 1. The zero-order chi connectivity index (χ0) is 15.6. The molecule has 1 heterocycles. The summed E-state index contributed by atoms with van der Waals surface area (Å²) in [5.74, 6) is -2.49.